The quantitative estimate of drug-likeness (QED) is 0.659. The highest BCUT2D eigenvalue weighted by Gasteiger charge is 2.05. The third kappa shape index (κ3) is 4.37. The summed E-state index contributed by atoms with van der Waals surface area (Å²) in [6.07, 6.45) is 0.939. The molecule has 2 aromatic carbocycles. The number of aryl methyl sites for hydroxylation is 1. The maximum Gasteiger partial charge on any atom is 0.259 e. The molecule has 2 aromatic rings. The Morgan fingerprint density at radius 1 is 1.14 bits per heavy atom. The number of nitrogens with one attached hydrogen (secondary N) is 2. The largest absolute Gasteiger partial charge is 0.376 e. The molecule has 0 aliphatic rings. The summed E-state index contributed by atoms with van der Waals surface area (Å²) in [5.41, 5.74) is 3.82. The van der Waals surface area contributed by atoms with E-state index in [0.29, 0.717) is 0 Å². The van der Waals surface area contributed by atoms with Crippen molar-refractivity contribution in [2.45, 2.75) is 6.92 Å². The van der Waals surface area contributed by atoms with Gasteiger partial charge in [-0.05, 0) is 31.2 Å². The molecule has 22 heavy (non-hydrogen) atoms. The molecule has 0 heterocycles. The first kappa shape index (κ1) is 15.6. The van der Waals surface area contributed by atoms with Crippen LogP contribution in [0.3, 0.4) is 0 Å². The Kier molecular flexibility index (Phi) is 5.19. The summed E-state index contributed by atoms with van der Waals surface area (Å²) in [5.74, 6) is -1.90. The maximum atomic E-state index is 13.3. The van der Waals surface area contributed by atoms with Crippen LogP contribution in [0.1, 0.15) is 11.1 Å². The Labute approximate surface area is 126 Å². The highest BCUT2D eigenvalue weighted by atomic mass is 19.1. The van der Waals surface area contributed by atoms with E-state index in [9.17, 15) is 13.6 Å². The van der Waals surface area contributed by atoms with Crippen LogP contribution in [0, 0.1) is 18.6 Å². The Morgan fingerprint density at radius 2 is 1.77 bits per heavy atom. The fourth-order valence-electron chi connectivity index (χ4n) is 1.70. The lowest BCUT2D eigenvalue weighted by Gasteiger charge is -2.05. The minimum absolute atomic E-state index is 0.000154. The van der Waals surface area contributed by atoms with Gasteiger partial charge in [0, 0.05) is 5.69 Å². The number of nitrogens with zero attached hydrogens (tertiary/aromatic N) is 1. The third-order valence-corrected chi connectivity index (χ3v) is 2.89. The molecule has 0 aromatic heterocycles. The minimum atomic E-state index is -0.740. The van der Waals surface area contributed by atoms with Crippen molar-refractivity contribution in [2.75, 3.05) is 11.9 Å². The fraction of sp³-hybridized carbons (Fsp3) is 0.125. The fourth-order valence-corrected chi connectivity index (χ4v) is 1.70. The second kappa shape index (κ2) is 7.31. The lowest BCUT2D eigenvalue weighted by atomic mass is 10.2. The predicted molar refractivity (Wildman–Crippen MR) is 81.8 cm³/mol. The third-order valence-electron chi connectivity index (χ3n) is 2.89. The standard InChI is InChI=1S/C16H15F2N3O/c1-11-5-7-12(8-6-11)19-10-16(22)21-20-9-13-14(17)3-2-4-15(13)18/h2-9,19H,10H2,1H3,(H,21,22)/b20-9-. The SMILES string of the molecule is Cc1ccc(NCC(=O)N/N=C\c2c(F)cccc2F)cc1. The van der Waals surface area contributed by atoms with Gasteiger partial charge in [0.2, 0.25) is 0 Å². The molecule has 1 amide bonds. The van der Waals surface area contributed by atoms with E-state index < -0.39 is 17.5 Å². The molecule has 0 fully saturated rings. The van der Waals surface area contributed by atoms with Gasteiger partial charge in [0.15, 0.2) is 0 Å². The lowest BCUT2D eigenvalue weighted by Crippen LogP contribution is -2.25. The topological polar surface area (TPSA) is 53.5 Å². The van der Waals surface area contributed by atoms with E-state index in [1.165, 1.54) is 6.07 Å². The normalized spacial score (nSPS) is 10.7. The highest BCUT2D eigenvalue weighted by molar-refractivity contribution is 5.84. The van der Waals surface area contributed by atoms with Crippen LogP contribution in [0.25, 0.3) is 0 Å². The predicted octanol–water partition coefficient (Wildman–Crippen LogP) is 2.84. The number of amides is 1. The molecule has 4 nitrogen and oxygen atoms in total. The molecule has 0 aliphatic carbocycles. The number of hydrazone groups is 1. The van der Waals surface area contributed by atoms with Crippen LogP contribution in [-0.4, -0.2) is 18.7 Å². The summed E-state index contributed by atoms with van der Waals surface area (Å²) in [6, 6.07) is 11.0. The van der Waals surface area contributed by atoms with Gasteiger partial charge in [0.05, 0.1) is 18.3 Å². The molecule has 0 spiro atoms. The number of halogens is 2. The van der Waals surface area contributed by atoms with E-state index in [2.05, 4.69) is 15.8 Å². The van der Waals surface area contributed by atoms with Gasteiger partial charge in [-0.3, -0.25) is 4.79 Å². The summed E-state index contributed by atoms with van der Waals surface area (Å²) >= 11 is 0. The molecule has 0 radical (unpaired) electrons. The van der Waals surface area contributed by atoms with Crippen molar-refractivity contribution in [1.82, 2.24) is 5.43 Å². The van der Waals surface area contributed by atoms with Crippen molar-refractivity contribution in [2.24, 2.45) is 5.10 Å². The van der Waals surface area contributed by atoms with Crippen molar-refractivity contribution >= 4 is 17.8 Å². The van der Waals surface area contributed by atoms with Crippen molar-refractivity contribution < 1.29 is 13.6 Å². The van der Waals surface area contributed by atoms with Crippen LogP contribution in [0.2, 0.25) is 0 Å². The molecule has 2 rings (SSSR count). The summed E-state index contributed by atoms with van der Waals surface area (Å²) < 4.78 is 26.6. The highest BCUT2D eigenvalue weighted by Crippen LogP contribution is 2.09. The molecule has 6 heteroatoms. The van der Waals surface area contributed by atoms with E-state index in [4.69, 9.17) is 0 Å². The monoisotopic (exact) mass is 303 g/mol. The number of carbonyl (C=O) groups is 1. The average molecular weight is 303 g/mol. The molecule has 0 atom stereocenters. The number of hydrogen-bond acceptors (Lipinski definition) is 3. The Morgan fingerprint density at radius 3 is 2.41 bits per heavy atom. The Bertz CT molecular complexity index is 664. The molecular formula is C16H15F2N3O. The maximum absolute atomic E-state index is 13.3. The first-order valence-electron chi connectivity index (χ1n) is 6.63. The van der Waals surface area contributed by atoms with Crippen LogP contribution >= 0.6 is 0 Å². The molecule has 0 saturated carbocycles. The number of benzene rings is 2. The summed E-state index contributed by atoms with van der Waals surface area (Å²) in [6.45, 7) is 1.97. The van der Waals surface area contributed by atoms with Crippen molar-refractivity contribution in [3.63, 3.8) is 0 Å². The molecule has 2 N–H and O–H groups in total. The van der Waals surface area contributed by atoms with Gasteiger partial charge in [0.1, 0.15) is 11.6 Å². The Balaban J connectivity index is 1.85. The van der Waals surface area contributed by atoms with Gasteiger partial charge in [-0.1, -0.05) is 23.8 Å². The summed E-state index contributed by atoms with van der Waals surface area (Å²) in [5, 5.41) is 6.45. The molecule has 0 aliphatic heterocycles. The van der Waals surface area contributed by atoms with Gasteiger partial charge in [-0.15, -0.1) is 0 Å². The van der Waals surface area contributed by atoms with E-state index in [-0.39, 0.29) is 12.1 Å². The van der Waals surface area contributed by atoms with Gasteiger partial charge >= 0.3 is 0 Å². The zero-order valence-corrected chi connectivity index (χ0v) is 11.9. The van der Waals surface area contributed by atoms with Crippen molar-refractivity contribution in [3.8, 4) is 0 Å². The zero-order valence-electron chi connectivity index (χ0n) is 11.9. The van der Waals surface area contributed by atoms with Crippen LogP contribution in [-0.2, 0) is 4.79 Å². The van der Waals surface area contributed by atoms with Crippen molar-refractivity contribution in [3.05, 3.63) is 65.2 Å². The van der Waals surface area contributed by atoms with Crippen LogP contribution in [0.15, 0.2) is 47.6 Å². The van der Waals surface area contributed by atoms with Crippen LogP contribution < -0.4 is 10.7 Å². The second-order valence-electron chi connectivity index (χ2n) is 4.65. The molecule has 0 unspecified atom stereocenters. The van der Waals surface area contributed by atoms with E-state index in [1.54, 1.807) is 0 Å². The van der Waals surface area contributed by atoms with Crippen LogP contribution in [0.5, 0.6) is 0 Å². The van der Waals surface area contributed by atoms with Gasteiger partial charge in [-0.2, -0.15) is 5.10 Å². The summed E-state index contributed by atoms with van der Waals surface area (Å²) in [4.78, 5) is 11.6. The number of anilines is 1. The number of hydrogen-bond donors (Lipinski definition) is 2. The molecule has 0 bridgehead atoms. The lowest BCUT2D eigenvalue weighted by molar-refractivity contribution is -0.119. The second-order valence-corrected chi connectivity index (χ2v) is 4.65. The van der Waals surface area contributed by atoms with Crippen molar-refractivity contribution in [1.29, 1.82) is 0 Å². The van der Waals surface area contributed by atoms with Gasteiger partial charge < -0.3 is 5.32 Å². The minimum Gasteiger partial charge on any atom is -0.376 e. The number of carbonyl (C=O) groups excluding carboxylic acids is 1. The molecular weight excluding hydrogens is 288 g/mol. The van der Waals surface area contributed by atoms with Gasteiger partial charge in [0.25, 0.3) is 5.91 Å². The molecule has 114 valence electrons. The van der Waals surface area contributed by atoms with E-state index in [1.807, 2.05) is 31.2 Å². The van der Waals surface area contributed by atoms with Crippen LogP contribution in [0.4, 0.5) is 14.5 Å². The average Bonchev–Trinajstić information content (AvgIpc) is 2.50. The smallest absolute Gasteiger partial charge is 0.259 e. The summed E-state index contributed by atoms with van der Waals surface area (Å²) in [7, 11) is 0. The number of rotatable bonds is 5. The molecule has 0 saturated heterocycles. The van der Waals surface area contributed by atoms with E-state index >= 15 is 0 Å². The van der Waals surface area contributed by atoms with Gasteiger partial charge in [-0.25, -0.2) is 14.2 Å². The Hall–Kier alpha value is -2.76. The zero-order chi connectivity index (χ0) is 15.9. The first-order chi connectivity index (χ1) is 10.6. The van der Waals surface area contributed by atoms with E-state index in [0.717, 1.165) is 29.6 Å². The first-order valence-corrected chi connectivity index (χ1v) is 6.63.